The van der Waals surface area contributed by atoms with Crippen molar-refractivity contribution in [2.24, 2.45) is 17.8 Å². The van der Waals surface area contributed by atoms with Gasteiger partial charge in [0.2, 0.25) is 5.91 Å². The van der Waals surface area contributed by atoms with Gasteiger partial charge in [-0.2, -0.15) is 0 Å². The van der Waals surface area contributed by atoms with Gasteiger partial charge in [0.05, 0.1) is 12.7 Å². The summed E-state index contributed by atoms with van der Waals surface area (Å²) >= 11 is 0. The number of amides is 1. The lowest BCUT2D eigenvalue weighted by molar-refractivity contribution is -0.122. The maximum absolute atomic E-state index is 12.6. The second-order valence-electron chi connectivity index (χ2n) is 8.18. The standard InChI is InChI=1S/C21H25NO3/c23-10-18-14-4-5-15(6-14)21(18)22-20(24)9-16-11-25-19-8-13-3-1-2-12(13)7-17(16)19/h7-8,11,14-15,18,21,23H,1-6,9-10H2,(H,22,24)/t14-,15-,18-,21+/m0/s1. The Hall–Kier alpha value is -1.81. The van der Waals surface area contributed by atoms with Crippen LogP contribution in [0.15, 0.2) is 22.8 Å². The van der Waals surface area contributed by atoms with Gasteiger partial charge in [-0.3, -0.25) is 4.79 Å². The largest absolute Gasteiger partial charge is 0.464 e. The van der Waals surface area contributed by atoms with Crippen LogP contribution in [0.2, 0.25) is 0 Å². The Labute approximate surface area is 147 Å². The number of rotatable bonds is 4. The number of benzene rings is 1. The summed E-state index contributed by atoms with van der Waals surface area (Å²) in [6.45, 7) is 0.187. The lowest BCUT2D eigenvalue weighted by atomic mass is 9.85. The third-order valence-electron chi connectivity index (χ3n) is 6.85. The minimum atomic E-state index is 0.0548. The smallest absolute Gasteiger partial charge is 0.224 e. The van der Waals surface area contributed by atoms with E-state index >= 15 is 0 Å². The van der Waals surface area contributed by atoms with E-state index in [2.05, 4.69) is 17.4 Å². The van der Waals surface area contributed by atoms with Gasteiger partial charge in [-0.05, 0) is 73.6 Å². The number of furan rings is 1. The predicted molar refractivity (Wildman–Crippen MR) is 95.3 cm³/mol. The van der Waals surface area contributed by atoms with E-state index < -0.39 is 0 Å². The Morgan fingerprint density at radius 1 is 1.20 bits per heavy atom. The Bertz CT molecular complexity index is 824. The van der Waals surface area contributed by atoms with Crippen LogP contribution in [0.25, 0.3) is 11.0 Å². The van der Waals surface area contributed by atoms with Crippen LogP contribution in [-0.4, -0.2) is 23.7 Å². The zero-order chi connectivity index (χ0) is 17.0. The molecule has 2 N–H and O–H groups in total. The fourth-order valence-corrected chi connectivity index (χ4v) is 5.59. The van der Waals surface area contributed by atoms with Crippen molar-refractivity contribution in [3.8, 4) is 0 Å². The number of nitrogens with one attached hydrogen (secondary N) is 1. The van der Waals surface area contributed by atoms with Crippen molar-refractivity contribution in [3.63, 3.8) is 0 Å². The van der Waals surface area contributed by atoms with Gasteiger partial charge >= 0.3 is 0 Å². The maximum Gasteiger partial charge on any atom is 0.224 e. The van der Waals surface area contributed by atoms with Crippen LogP contribution in [0.4, 0.5) is 0 Å². The highest BCUT2D eigenvalue weighted by Gasteiger charge is 2.47. The number of carbonyl (C=O) groups is 1. The molecule has 0 saturated heterocycles. The SMILES string of the molecule is O=C(Cc1coc2cc3c(cc12)CCC3)N[C@@H]1[C@H]2CC[C@@H](C2)[C@@H]1CO. The fourth-order valence-electron chi connectivity index (χ4n) is 5.59. The zero-order valence-corrected chi connectivity index (χ0v) is 14.5. The molecule has 25 heavy (non-hydrogen) atoms. The quantitative estimate of drug-likeness (QED) is 0.900. The van der Waals surface area contributed by atoms with Crippen LogP contribution >= 0.6 is 0 Å². The molecule has 2 fully saturated rings. The van der Waals surface area contributed by atoms with Crippen LogP contribution in [0.3, 0.4) is 0 Å². The summed E-state index contributed by atoms with van der Waals surface area (Å²) < 4.78 is 5.72. The molecule has 3 aliphatic carbocycles. The van der Waals surface area contributed by atoms with Crippen molar-refractivity contribution in [1.29, 1.82) is 0 Å². The van der Waals surface area contributed by atoms with Gasteiger partial charge in [0, 0.05) is 29.5 Å². The van der Waals surface area contributed by atoms with Gasteiger partial charge in [0.1, 0.15) is 5.58 Å². The first-order chi connectivity index (χ1) is 12.2. The normalized spacial score (nSPS) is 30.1. The molecule has 5 rings (SSSR count). The predicted octanol–water partition coefficient (Wildman–Crippen LogP) is 2.99. The van der Waals surface area contributed by atoms with Crippen molar-refractivity contribution in [2.75, 3.05) is 6.61 Å². The summed E-state index contributed by atoms with van der Waals surface area (Å²) in [4.78, 5) is 12.6. The molecule has 4 atom stereocenters. The molecule has 4 heteroatoms. The topological polar surface area (TPSA) is 62.5 Å². The molecule has 1 amide bonds. The Kier molecular flexibility index (Phi) is 3.63. The highest BCUT2D eigenvalue weighted by molar-refractivity contribution is 5.88. The van der Waals surface area contributed by atoms with E-state index in [-0.39, 0.29) is 24.5 Å². The van der Waals surface area contributed by atoms with Crippen molar-refractivity contribution < 1.29 is 14.3 Å². The summed E-state index contributed by atoms with van der Waals surface area (Å²) in [6.07, 6.45) is 9.13. The second-order valence-corrected chi connectivity index (χ2v) is 8.18. The Morgan fingerprint density at radius 2 is 2.00 bits per heavy atom. The minimum Gasteiger partial charge on any atom is -0.464 e. The van der Waals surface area contributed by atoms with E-state index in [1.165, 1.54) is 30.4 Å². The third kappa shape index (κ3) is 2.50. The lowest BCUT2D eigenvalue weighted by Gasteiger charge is -2.30. The number of carbonyl (C=O) groups excluding carboxylic acids is 1. The van der Waals surface area contributed by atoms with E-state index in [0.29, 0.717) is 18.3 Å². The van der Waals surface area contributed by atoms with Crippen molar-refractivity contribution >= 4 is 16.9 Å². The average molecular weight is 339 g/mol. The van der Waals surface area contributed by atoms with E-state index in [4.69, 9.17) is 4.42 Å². The number of fused-ring (bicyclic) bond motifs is 4. The summed E-state index contributed by atoms with van der Waals surface area (Å²) in [6, 6.07) is 4.52. The van der Waals surface area contributed by atoms with Crippen molar-refractivity contribution in [3.05, 3.63) is 35.1 Å². The molecule has 0 aliphatic heterocycles. The molecule has 4 nitrogen and oxygen atoms in total. The summed E-state index contributed by atoms with van der Waals surface area (Å²) in [5, 5.41) is 14.0. The molecule has 2 saturated carbocycles. The van der Waals surface area contributed by atoms with Crippen LogP contribution < -0.4 is 5.32 Å². The van der Waals surface area contributed by atoms with E-state index in [9.17, 15) is 9.90 Å². The van der Waals surface area contributed by atoms with Gasteiger partial charge < -0.3 is 14.8 Å². The Balaban J connectivity index is 1.33. The van der Waals surface area contributed by atoms with Gasteiger partial charge in [0.15, 0.2) is 0 Å². The van der Waals surface area contributed by atoms with Gasteiger partial charge in [-0.15, -0.1) is 0 Å². The molecule has 1 heterocycles. The number of aliphatic hydroxyl groups excluding tert-OH is 1. The van der Waals surface area contributed by atoms with Crippen LogP contribution in [0.5, 0.6) is 0 Å². The number of aryl methyl sites for hydroxylation is 2. The monoisotopic (exact) mass is 339 g/mol. The van der Waals surface area contributed by atoms with E-state index in [1.807, 2.05) is 0 Å². The first-order valence-corrected chi connectivity index (χ1v) is 9.65. The molecule has 3 aliphatic rings. The highest BCUT2D eigenvalue weighted by Crippen LogP contribution is 2.48. The first-order valence-electron chi connectivity index (χ1n) is 9.65. The fraction of sp³-hybridized carbons (Fsp3) is 0.571. The first kappa shape index (κ1) is 15.4. The molecule has 1 aromatic heterocycles. The zero-order valence-electron chi connectivity index (χ0n) is 14.5. The molecule has 2 aromatic rings. The molecule has 0 spiro atoms. The molecular formula is C21H25NO3. The van der Waals surface area contributed by atoms with Crippen molar-refractivity contribution in [1.82, 2.24) is 5.32 Å². The van der Waals surface area contributed by atoms with Gasteiger partial charge in [-0.25, -0.2) is 0 Å². The Morgan fingerprint density at radius 3 is 2.84 bits per heavy atom. The van der Waals surface area contributed by atoms with E-state index in [0.717, 1.165) is 35.8 Å². The van der Waals surface area contributed by atoms with Crippen molar-refractivity contribution in [2.45, 2.75) is 51.0 Å². The molecule has 0 radical (unpaired) electrons. The number of aliphatic hydroxyl groups is 1. The number of hydrogen-bond acceptors (Lipinski definition) is 3. The number of hydrogen-bond donors (Lipinski definition) is 2. The third-order valence-corrected chi connectivity index (χ3v) is 6.85. The molecule has 0 unspecified atom stereocenters. The summed E-state index contributed by atoms with van der Waals surface area (Å²) in [5.74, 6) is 1.44. The van der Waals surface area contributed by atoms with Gasteiger partial charge in [-0.1, -0.05) is 0 Å². The molecular weight excluding hydrogens is 314 g/mol. The average Bonchev–Trinajstić information content (AvgIpc) is 3.36. The van der Waals surface area contributed by atoms with Crippen LogP contribution in [0.1, 0.15) is 42.4 Å². The maximum atomic E-state index is 12.6. The molecule has 2 bridgehead atoms. The van der Waals surface area contributed by atoms with Crippen LogP contribution in [0, 0.1) is 17.8 Å². The van der Waals surface area contributed by atoms with E-state index in [1.54, 1.807) is 6.26 Å². The second kappa shape index (κ2) is 5.87. The van der Waals surface area contributed by atoms with Gasteiger partial charge in [0.25, 0.3) is 0 Å². The molecule has 132 valence electrons. The lowest BCUT2D eigenvalue weighted by Crippen LogP contribution is -2.45. The molecule has 1 aromatic carbocycles. The summed E-state index contributed by atoms with van der Waals surface area (Å²) in [7, 11) is 0. The minimum absolute atomic E-state index is 0.0548. The summed E-state index contributed by atoms with van der Waals surface area (Å²) in [5.41, 5.74) is 4.68. The van der Waals surface area contributed by atoms with Crippen LogP contribution in [-0.2, 0) is 24.1 Å². The highest BCUT2D eigenvalue weighted by atomic mass is 16.3.